The van der Waals surface area contributed by atoms with Crippen LogP contribution in [-0.2, 0) is 12.7 Å². The summed E-state index contributed by atoms with van der Waals surface area (Å²) >= 11 is 5.70. The summed E-state index contributed by atoms with van der Waals surface area (Å²) in [6.45, 7) is -2.36. The minimum Gasteiger partial charge on any atom is -0.338 e. The van der Waals surface area contributed by atoms with Gasteiger partial charge in [0.25, 0.3) is 5.91 Å². The average Bonchev–Trinajstić information content (AvgIpc) is 2.78. The number of halogens is 3. The van der Waals surface area contributed by atoms with Crippen molar-refractivity contribution in [1.29, 1.82) is 0 Å². The van der Waals surface area contributed by atoms with Gasteiger partial charge in [-0.3, -0.25) is 4.79 Å². The molecule has 1 aliphatic heterocycles. The van der Waals surface area contributed by atoms with E-state index < -0.39 is 68.8 Å². The van der Waals surface area contributed by atoms with Gasteiger partial charge in [-0.2, -0.15) is 0 Å². The number of aryl methyl sites for hydroxylation is 2. The van der Waals surface area contributed by atoms with Gasteiger partial charge in [0.05, 0.1) is 5.02 Å². The molecule has 1 saturated heterocycles. The van der Waals surface area contributed by atoms with Crippen molar-refractivity contribution in [2.24, 2.45) is 0 Å². The van der Waals surface area contributed by atoms with Crippen LogP contribution in [0.15, 0.2) is 30.6 Å². The second-order valence-corrected chi connectivity index (χ2v) is 6.67. The van der Waals surface area contributed by atoms with Crippen LogP contribution in [0.1, 0.15) is 65.3 Å². The van der Waals surface area contributed by atoms with Crippen molar-refractivity contribution in [2.75, 3.05) is 13.0 Å². The van der Waals surface area contributed by atoms with E-state index >= 15 is 4.39 Å². The van der Waals surface area contributed by atoms with Crippen LogP contribution in [0.25, 0.3) is 0 Å². The maximum atomic E-state index is 16.0. The summed E-state index contributed by atoms with van der Waals surface area (Å²) in [7, 11) is 0. The lowest BCUT2D eigenvalue weighted by Gasteiger charge is -2.36. The molecule has 0 spiro atoms. The van der Waals surface area contributed by atoms with E-state index in [0.717, 1.165) is 30.6 Å². The molecule has 1 aliphatic rings. The standard InChI is InChI=1S/C21H24ClF2N3O/c1-2-15-13-25-19(26-14-15)4-3-7-21(24)8-10-27(11-9-21)20(28)16-5-6-18(23)17(22)12-16/h5-6,12-14H,2-4,7-11H2,1H3/i2D2,4D2,8D2,10D2. The Morgan fingerprint density at radius 2 is 2.18 bits per heavy atom. The fourth-order valence-corrected chi connectivity index (χ4v) is 2.80. The van der Waals surface area contributed by atoms with E-state index in [0.29, 0.717) is 4.90 Å². The number of hydrogen-bond acceptors (Lipinski definition) is 3. The molecule has 0 saturated carbocycles. The second kappa shape index (κ2) is 8.95. The molecule has 0 radical (unpaired) electrons. The van der Waals surface area contributed by atoms with Crippen molar-refractivity contribution in [3.8, 4) is 0 Å². The fourth-order valence-electron chi connectivity index (χ4n) is 2.62. The van der Waals surface area contributed by atoms with Crippen LogP contribution >= 0.6 is 11.6 Å². The van der Waals surface area contributed by atoms with E-state index in [1.54, 1.807) is 0 Å². The van der Waals surface area contributed by atoms with E-state index in [1.165, 1.54) is 6.92 Å². The van der Waals surface area contributed by atoms with Gasteiger partial charge in [0.1, 0.15) is 17.3 Å². The van der Waals surface area contributed by atoms with E-state index in [4.69, 9.17) is 22.6 Å². The second-order valence-electron chi connectivity index (χ2n) is 6.26. The van der Waals surface area contributed by atoms with Crippen molar-refractivity contribution in [3.05, 3.63) is 58.4 Å². The Bertz CT molecular complexity index is 1150. The van der Waals surface area contributed by atoms with Gasteiger partial charge in [0.2, 0.25) is 0 Å². The maximum absolute atomic E-state index is 16.0. The van der Waals surface area contributed by atoms with Crippen LogP contribution in [0.5, 0.6) is 0 Å². The average molecular weight is 416 g/mol. The number of hydrogen-bond donors (Lipinski definition) is 0. The zero-order valence-corrected chi connectivity index (χ0v) is 15.9. The van der Waals surface area contributed by atoms with Gasteiger partial charge >= 0.3 is 0 Å². The molecule has 1 unspecified atom stereocenters. The van der Waals surface area contributed by atoms with Gasteiger partial charge in [0.15, 0.2) is 0 Å². The smallest absolute Gasteiger partial charge is 0.253 e. The zero-order valence-electron chi connectivity index (χ0n) is 23.1. The van der Waals surface area contributed by atoms with Gasteiger partial charge in [-0.15, -0.1) is 0 Å². The number of carbonyl (C=O) groups excluding carboxylic acids is 1. The van der Waals surface area contributed by atoms with Crippen LogP contribution in [0.3, 0.4) is 0 Å². The Morgan fingerprint density at radius 3 is 2.86 bits per heavy atom. The molecule has 1 atom stereocenters. The molecule has 28 heavy (non-hydrogen) atoms. The topological polar surface area (TPSA) is 46.1 Å². The molecule has 1 aromatic heterocycles. The molecule has 0 N–H and O–H groups in total. The predicted octanol–water partition coefficient (Wildman–Crippen LogP) is 4.80. The SMILES string of the molecule is [2H]C([2H])(C)c1cnc(C([2H])([2H])CCC2(F)CCN(C(=O)c3ccc(F)c(Cl)c3)C([2H])([2H])C2([2H])[2H])nc1. The molecular weight excluding hydrogens is 384 g/mol. The van der Waals surface area contributed by atoms with Gasteiger partial charge < -0.3 is 4.90 Å². The number of aromatic nitrogens is 2. The van der Waals surface area contributed by atoms with E-state index in [-0.39, 0.29) is 22.0 Å². The molecule has 0 bridgehead atoms. The normalized spacial score (nSPS) is 28.5. The maximum Gasteiger partial charge on any atom is 0.253 e. The fraction of sp³-hybridized carbons (Fsp3) is 0.476. The number of nitrogens with zero attached hydrogens (tertiary/aromatic N) is 3. The largest absolute Gasteiger partial charge is 0.338 e. The lowest BCUT2D eigenvalue weighted by Crippen LogP contribution is -2.44. The van der Waals surface area contributed by atoms with Crippen molar-refractivity contribution in [3.63, 3.8) is 0 Å². The van der Waals surface area contributed by atoms with Crippen molar-refractivity contribution in [1.82, 2.24) is 14.9 Å². The Kier molecular flexibility index (Phi) is 3.99. The highest BCUT2D eigenvalue weighted by Crippen LogP contribution is 2.32. The van der Waals surface area contributed by atoms with Gasteiger partial charge in [-0.1, -0.05) is 18.5 Å². The van der Waals surface area contributed by atoms with E-state index in [2.05, 4.69) is 9.97 Å². The van der Waals surface area contributed by atoms with Gasteiger partial charge in [-0.05, 0) is 55.8 Å². The minimum absolute atomic E-state index is 0.119. The Balaban J connectivity index is 1.81. The molecule has 2 aromatic rings. The minimum atomic E-state index is -3.24. The molecule has 1 fully saturated rings. The Morgan fingerprint density at radius 1 is 1.43 bits per heavy atom. The number of piperidine rings is 1. The predicted molar refractivity (Wildman–Crippen MR) is 105 cm³/mol. The quantitative estimate of drug-likeness (QED) is 0.680. The number of carbonyl (C=O) groups is 1. The molecule has 1 amide bonds. The van der Waals surface area contributed by atoms with Crippen LogP contribution < -0.4 is 0 Å². The molecule has 0 aliphatic carbocycles. The number of amides is 1. The van der Waals surface area contributed by atoms with Gasteiger partial charge in [-0.25, -0.2) is 18.7 Å². The van der Waals surface area contributed by atoms with Crippen LogP contribution in [-0.4, -0.2) is 39.5 Å². The number of rotatable bonds is 6. The van der Waals surface area contributed by atoms with Crippen molar-refractivity contribution >= 4 is 17.5 Å². The van der Waals surface area contributed by atoms with Crippen LogP contribution in [0.4, 0.5) is 8.78 Å². The Labute approximate surface area is 180 Å². The van der Waals surface area contributed by atoms with Crippen molar-refractivity contribution < 1.29 is 24.5 Å². The first-order chi connectivity index (χ1) is 16.3. The van der Waals surface area contributed by atoms with Crippen LogP contribution in [0.2, 0.25) is 5.02 Å². The van der Waals surface area contributed by atoms with E-state index in [1.807, 2.05) is 0 Å². The molecular formula is C21H24ClF2N3O. The highest BCUT2D eigenvalue weighted by molar-refractivity contribution is 6.31. The monoisotopic (exact) mass is 415 g/mol. The third-order valence-corrected chi connectivity index (χ3v) is 4.59. The van der Waals surface area contributed by atoms with Crippen LogP contribution in [0, 0.1) is 5.82 Å². The highest BCUT2D eigenvalue weighted by Gasteiger charge is 2.35. The zero-order chi connectivity index (χ0) is 27.3. The lowest BCUT2D eigenvalue weighted by molar-refractivity contribution is 0.0389. The lowest BCUT2D eigenvalue weighted by atomic mass is 9.88. The number of alkyl halides is 1. The molecule has 7 heteroatoms. The number of likely N-dealkylation sites (tertiary alicyclic amines) is 1. The third-order valence-electron chi connectivity index (χ3n) is 4.30. The first-order valence-electron chi connectivity index (χ1n) is 12.6. The summed E-state index contributed by atoms with van der Waals surface area (Å²) < 4.78 is 94.4. The Hall–Kier alpha value is -2.08. The molecule has 2 heterocycles. The summed E-state index contributed by atoms with van der Waals surface area (Å²) in [6, 6.07) is 2.96. The summed E-state index contributed by atoms with van der Waals surface area (Å²) in [5, 5.41) is -0.381. The van der Waals surface area contributed by atoms with Gasteiger partial charge in [0, 0.05) is 48.3 Å². The first kappa shape index (κ1) is 12.5. The summed E-state index contributed by atoms with van der Waals surface area (Å²) in [4.78, 5) is 21.1. The number of benzene rings is 1. The first-order valence-corrected chi connectivity index (χ1v) is 9.00. The summed E-state index contributed by atoms with van der Waals surface area (Å²) in [5.74, 6) is -2.13. The van der Waals surface area contributed by atoms with Crippen molar-refractivity contribution in [2.45, 2.75) is 51.0 Å². The summed E-state index contributed by atoms with van der Waals surface area (Å²) in [6.07, 6.45) is -7.03. The van der Waals surface area contributed by atoms with E-state index in [9.17, 15) is 9.18 Å². The highest BCUT2D eigenvalue weighted by atomic mass is 35.5. The summed E-state index contributed by atoms with van der Waals surface area (Å²) in [5.41, 5.74) is -2.92. The third kappa shape index (κ3) is 5.04. The molecule has 4 nitrogen and oxygen atoms in total. The molecule has 1 aromatic carbocycles. The molecule has 150 valence electrons. The molecule has 3 rings (SSSR count).